The molecule has 2 aromatic carbocycles. The van der Waals surface area contributed by atoms with E-state index in [1.165, 1.54) is 0 Å². The first kappa shape index (κ1) is 23.2. The topological polar surface area (TPSA) is 72.9 Å². The maximum atomic E-state index is 12.9. The number of carbonyl (C=O) groups excluding carboxylic acids is 1. The highest BCUT2D eigenvalue weighted by molar-refractivity contribution is 7.22. The molecule has 33 heavy (non-hydrogen) atoms. The van der Waals surface area contributed by atoms with Gasteiger partial charge in [0, 0.05) is 19.6 Å². The average Bonchev–Trinajstić information content (AvgIpc) is 3.28. The molecule has 1 amide bonds. The molecule has 1 saturated heterocycles. The van der Waals surface area contributed by atoms with Crippen molar-refractivity contribution in [2.45, 2.75) is 26.2 Å². The fraction of sp³-hybridized carbons (Fsp3) is 0.440. The lowest BCUT2D eigenvalue weighted by Gasteiger charge is -2.31. The number of aromatic nitrogens is 1. The Morgan fingerprint density at radius 3 is 2.82 bits per heavy atom. The SMILES string of the molecule is CCOc1ccc2nc(N3CCCC(C(=O)NCCc4cc(OC)ccc4OC)C3)sc2c1. The molecule has 1 aromatic heterocycles. The van der Waals surface area contributed by atoms with E-state index in [0.717, 1.165) is 57.5 Å². The van der Waals surface area contributed by atoms with E-state index in [0.29, 0.717) is 26.1 Å². The van der Waals surface area contributed by atoms with Crippen molar-refractivity contribution in [3.8, 4) is 17.2 Å². The molecule has 3 aromatic rings. The molecule has 1 atom stereocenters. The van der Waals surface area contributed by atoms with Crippen molar-refractivity contribution in [1.29, 1.82) is 0 Å². The zero-order valence-corrected chi connectivity index (χ0v) is 20.2. The van der Waals surface area contributed by atoms with E-state index in [-0.39, 0.29) is 11.8 Å². The lowest BCUT2D eigenvalue weighted by Crippen LogP contribution is -2.43. The molecule has 7 nitrogen and oxygen atoms in total. The zero-order chi connectivity index (χ0) is 23.2. The Morgan fingerprint density at radius 1 is 1.18 bits per heavy atom. The van der Waals surface area contributed by atoms with Gasteiger partial charge in [-0.15, -0.1) is 0 Å². The molecule has 1 N–H and O–H groups in total. The summed E-state index contributed by atoms with van der Waals surface area (Å²) < 4.78 is 17.5. The van der Waals surface area contributed by atoms with E-state index in [1.807, 2.05) is 43.3 Å². The van der Waals surface area contributed by atoms with E-state index in [9.17, 15) is 4.79 Å². The molecular formula is C25H31N3O4S. The van der Waals surface area contributed by atoms with Crippen LogP contribution in [-0.4, -0.2) is 51.4 Å². The van der Waals surface area contributed by atoms with Gasteiger partial charge in [-0.05, 0) is 68.1 Å². The minimum absolute atomic E-state index is 0.0445. The number of nitrogens with zero attached hydrogens (tertiary/aromatic N) is 2. The van der Waals surface area contributed by atoms with Gasteiger partial charge in [0.2, 0.25) is 5.91 Å². The number of fused-ring (bicyclic) bond motifs is 1. The third-order valence-corrected chi connectivity index (χ3v) is 6.98. The van der Waals surface area contributed by atoms with Gasteiger partial charge in [-0.3, -0.25) is 4.79 Å². The van der Waals surface area contributed by atoms with Gasteiger partial charge in [0.15, 0.2) is 5.13 Å². The number of hydrogen-bond acceptors (Lipinski definition) is 7. The predicted octanol–water partition coefficient (Wildman–Crippen LogP) is 4.29. The van der Waals surface area contributed by atoms with Crippen molar-refractivity contribution in [2.75, 3.05) is 45.4 Å². The van der Waals surface area contributed by atoms with Gasteiger partial charge in [0.1, 0.15) is 17.2 Å². The molecule has 0 saturated carbocycles. The Labute approximate surface area is 198 Å². The molecule has 0 radical (unpaired) electrons. The van der Waals surface area contributed by atoms with Crippen LogP contribution in [0.25, 0.3) is 10.2 Å². The Hall–Kier alpha value is -3.00. The van der Waals surface area contributed by atoms with Gasteiger partial charge < -0.3 is 24.4 Å². The maximum absolute atomic E-state index is 12.9. The van der Waals surface area contributed by atoms with Gasteiger partial charge >= 0.3 is 0 Å². The second-order valence-corrected chi connectivity index (χ2v) is 9.07. The Balaban J connectivity index is 1.35. The highest BCUT2D eigenvalue weighted by atomic mass is 32.1. The van der Waals surface area contributed by atoms with Crippen molar-refractivity contribution in [3.05, 3.63) is 42.0 Å². The van der Waals surface area contributed by atoms with Crippen LogP contribution in [0.4, 0.5) is 5.13 Å². The fourth-order valence-corrected chi connectivity index (χ4v) is 5.22. The minimum atomic E-state index is -0.0445. The molecule has 4 rings (SSSR count). The van der Waals surface area contributed by atoms with Crippen LogP contribution in [0.5, 0.6) is 17.2 Å². The molecule has 8 heteroatoms. The van der Waals surface area contributed by atoms with Crippen LogP contribution in [0.15, 0.2) is 36.4 Å². The van der Waals surface area contributed by atoms with Crippen LogP contribution in [0, 0.1) is 5.92 Å². The van der Waals surface area contributed by atoms with E-state index in [4.69, 9.17) is 19.2 Å². The second-order valence-electron chi connectivity index (χ2n) is 8.06. The number of amides is 1. The molecule has 0 aliphatic carbocycles. The molecule has 0 bridgehead atoms. The molecule has 1 unspecified atom stereocenters. The van der Waals surface area contributed by atoms with Crippen molar-refractivity contribution in [3.63, 3.8) is 0 Å². The quantitative estimate of drug-likeness (QED) is 0.504. The number of thiazole rings is 1. The van der Waals surface area contributed by atoms with Crippen LogP contribution < -0.4 is 24.4 Å². The Bertz CT molecular complexity index is 1100. The first-order valence-corrected chi connectivity index (χ1v) is 12.2. The van der Waals surface area contributed by atoms with Crippen LogP contribution in [0.1, 0.15) is 25.3 Å². The molecular weight excluding hydrogens is 438 g/mol. The standard InChI is InChI=1S/C25H31N3O4S/c1-4-32-20-7-9-21-23(15-20)33-25(27-21)28-13-5-6-18(16-28)24(29)26-12-11-17-14-19(30-2)8-10-22(17)31-3/h7-10,14-15,18H,4-6,11-13,16H2,1-3H3,(H,26,29). The summed E-state index contributed by atoms with van der Waals surface area (Å²) in [6.07, 6.45) is 2.55. The molecule has 1 fully saturated rings. The number of ether oxygens (including phenoxy) is 3. The number of anilines is 1. The van der Waals surface area contributed by atoms with Gasteiger partial charge in [0.05, 0.1) is 37.0 Å². The van der Waals surface area contributed by atoms with E-state index in [1.54, 1.807) is 25.6 Å². The van der Waals surface area contributed by atoms with Crippen molar-refractivity contribution in [2.24, 2.45) is 5.92 Å². The van der Waals surface area contributed by atoms with E-state index < -0.39 is 0 Å². The number of carbonyl (C=O) groups is 1. The predicted molar refractivity (Wildman–Crippen MR) is 132 cm³/mol. The lowest BCUT2D eigenvalue weighted by molar-refractivity contribution is -0.125. The summed E-state index contributed by atoms with van der Waals surface area (Å²) in [7, 11) is 3.30. The number of methoxy groups -OCH3 is 2. The van der Waals surface area contributed by atoms with E-state index in [2.05, 4.69) is 10.2 Å². The molecule has 1 aliphatic heterocycles. The highest BCUT2D eigenvalue weighted by Crippen LogP contribution is 2.33. The normalized spacial score (nSPS) is 16.0. The largest absolute Gasteiger partial charge is 0.497 e. The highest BCUT2D eigenvalue weighted by Gasteiger charge is 2.27. The monoisotopic (exact) mass is 469 g/mol. The molecule has 2 heterocycles. The van der Waals surface area contributed by atoms with Crippen LogP contribution in [-0.2, 0) is 11.2 Å². The summed E-state index contributed by atoms with van der Waals surface area (Å²) in [5.41, 5.74) is 1.99. The Morgan fingerprint density at radius 2 is 2.03 bits per heavy atom. The third-order valence-electron chi connectivity index (χ3n) is 5.90. The zero-order valence-electron chi connectivity index (χ0n) is 19.4. The molecule has 176 valence electrons. The summed E-state index contributed by atoms with van der Waals surface area (Å²) in [5.74, 6) is 2.50. The number of benzene rings is 2. The number of nitrogens with one attached hydrogen (secondary N) is 1. The second kappa shape index (κ2) is 10.7. The van der Waals surface area contributed by atoms with Gasteiger partial charge in [0.25, 0.3) is 0 Å². The third kappa shape index (κ3) is 5.50. The molecule has 0 spiro atoms. The van der Waals surface area contributed by atoms with Crippen LogP contribution in [0.3, 0.4) is 0 Å². The van der Waals surface area contributed by atoms with Gasteiger partial charge in [-0.1, -0.05) is 11.3 Å². The van der Waals surface area contributed by atoms with E-state index >= 15 is 0 Å². The minimum Gasteiger partial charge on any atom is -0.497 e. The van der Waals surface area contributed by atoms with Crippen LogP contribution >= 0.6 is 11.3 Å². The van der Waals surface area contributed by atoms with Gasteiger partial charge in [-0.2, -0.15) is 0 Å². The summed E-state index contributed by atoms with van der Waals surface area (Å²) in [6.45, 7) is 4.79. The first-order valence-electron chi connectivity index (χ1n) is 11.4. The van der Waals surface area contributed by atoms with Crippen LogP contribution in [0.2, 0.25) is 0 Å². The fourth-order valence-electron chi connectivity index (χ4n) is 4.19. The van der Waals surface area contributed by atoms with Crippen molar-refractivity contribution < 1.29 is 19.0 Å². The van der Waals surface area contributed by atoms with Crippen molar-refractivity contribution in [1.82, 2.24) is 10.3 Å². The lowest BCUT2D eigenvalue weighted by atomic mass is 9.97. The smallest absolute Gasteiger partial charge is 0.224 e. The summed E-state index contributed by atoms with van der Waals surface area (Å²) in [4.78, 5) is 19.9. The molecule has 1 aliphatic rings. The summed E-state index contributed by atoms with van der Waals surface area (Å²) >= 11 is 1.66. The number of hydrogen-bond donors (Lipinski definition) is 1. The Kier molecular flexibility index (Phi) is 7.54. The number of rotatable bonds is 9. The maximum Gasteiger partial charge on any atom is 0.224 e. The summed E-state index contributed by atoms with van der Waals surface area (Å²) in [6, 6.07) is 11.7. The first-order chi connectivity index (χ1) is 16.1. The van der Waals surface area contributed by atoms with Gasteiger partial charge in [-0.25, -0.2) is 4.98 Å². The number of piperidine rings is 1. The average molecular weight is 470 g/mol. The van der Waals surface area contributed by atoms with Crippen molar-refractivity contribution >= 4 is 32.6 Å². The summed E-state index contributed by atoms with van der Waals surface area (Å²) in [5, 5.41) is 4.08.